The lowest BCUT2D eigenvalue weighted by molar-refractivity contribution is -0.0605. The molecule has 3 nitrogen and oxygen atoms in total. The summed E-state index contributed by atoms with van der Waals surface area (Å²) in [5, 5.41) is 10.1. The quantitative estimate of drug-likeness (QED) is 0.831. The van der Waals surface area contributed by atoms with Crippen molar-refractivity contribution in [3.05, 3.63) is 24.2 Å². The summed E-state index contributed by atoms with van der Waals surface area (Å²) in [5.41, 5.74) is 1.30. The number of furan rings is 1. The zero-order chi connectivity index (χ0) is 12.7. The van der Waals surface area contributed by atoms with E-state index in [4.69, 9.17) is 4.42 Å². The molecule has 0 spiro atoms. The highest BCUT2D eigenvalue weighted by Crippen LogP contribution is 2.42. The number of nitrogens with zero attached hydrogens (tertiary/aromatic N) is 1. The highest BCUT2D eigenvalue weighted by molar-refractivity contribution is 5.14. The van der Waals surface area contributed by atoms with Crippen LogP contribution in [0.3, 0.4) is 0 Å². The lowest BCUT2D eigenvalue weighted by atomic mass is 9.77. The number of fused-ring (bicyclic) bond motifs is 1. The summed E-state index contributed by atoms with van der Waals surface area (Å²) in [5.74, 6) is 1.07. The molecule has 0 radical (unpaired) electrons. The molecule has 2 aliphatic rings. The molecule has 2 aliphatic heterocycles. The van der Waals surface area contributed by atoms with Crippen LogP contribution in [0.25, 0.3) is 0 Å². The van der Waals surface area contributed by atoms with Gasteiger partial charge in [0.25, 0.3) is 0 Å². The fourth-order valence-electron chi connectivity index (χ4n) is 3.72. The second kappa shape index (κ2) is 4.71. The Kier molecular flexibility index (Phi) is 3.20. The summed E-state index contributed by atoms with van der Waals surface area (Å²) in [6.45, 7) is 5.49. The van der Waals surface area contributed by atoms with Crippen LogP contribution in [0, 0.1) is 11.8 Å². The summed E-state index contributed by atoms with van der Waals surface area (Å²) in [6, 6.07) is 3.11. The first-order valence-corrected chi connectivity index (χ1v) is 7.12. The van der Waals surface area contributed by atoms with Gasteiger partial charge in [-0.25, -0.2) is 0 Å². The van der Waals surface area contributed by atoms with Crippen LogP contribution >= 0.6 is 0 Å². The van der Waals surface area contributed by atoms with Gasteiger partial charge in [-0.2, -0.15) is 0 Å². The largest absolute Gasteiger partial charge is 0.472 e. The van der Waals surface area contributed by atoms with E-state index in [2.05, 4.69) is 24.8 Å². The molecule has 5 atom stereocenters. The van der Waals surface area contributed by atoms with Crippen molar-refractivity contribution >= 4 is 0 Å². The van der Waals surface area contributed by atoms with Crippen LogP contribution < -0.4 is 0 Å². The Morgan fingerprint density at radius 3 is 2.83 bits per heavy atom. The molecule has 3 heteroatoms. The SMILES string of the molecule is CC1CN2C(c3ccoc3)CCC(C)C2CC1O. The van der Waals surface area contributed by atoms with Crippen LogP contribution in [-0.2, 0) is 0 Å². The van der Waals surface area contributed by atoms with Crippen LogP contribution in [0.1, 0.15) is 44.7 Å². The summed E-state index contributed by atoms with van der Waals surface area (Å²) in [6.07, 6.45) is 6.91. The molecular weight excluding hydrogens is 226 g/mol. The molecule has 1 aromatic heterocycles. The predicted molar refractivity (Wildman–Crippen MR) is 70.1 cm³/mol. The third kappa shape index (κ3) is 1.99. The van der Waals surface area contributed by atoms with Gasteiger partial charge in [-0.3, -0.25) is 4.90 Å². The van der Waals surface area contributed by atoms with Crippen molar-refractivity contribution in [2.45, 2.75) is 51.3 Å². The summed E-state index contributed by atoms with van der Waals surface area (Å²) in [4.78, 5) is 2.61. The first-order valence-electron chi connectivity index (χ1n) is 7.12. The summed E-state index contributed by atoms with van der Waals surface area (Å²) >= 11 is 0. The Bertz CT molecular complexity index is 389. The smallest absolute Gasteiger partial charge is 0.0950 e. The maximum absolute atomic E-state index is 10.1. The molecule has 18 heavy (non-hydrogen) atoms. The molecule has 2 fully saturated rings. The van der Waals surface area contributed by atoms with Gasteiger partial charge in [0.2, 0.25) is 0 Å². The minimum atomic E-state index is -0.128. The number of aliphatic hydroxyl groups excluding tert-OH is 1. The number of hydrogen-bond donors (Lipinski definition) is 1. The van der Waals surface area contributed by atoms with Crippen LogP contribution in [0.15, 0.2) is 23.0 Å². The molecule has 0 bridgehead atoms. The molecule has 0 aliphatic carbocycles. The van der Waals surface area contributed by atoms with Gasteiger partial charge in [-0.05, 0) is 37.2 Å². The maximum atomic E-state index is 10.1. The molecule has 100 valence electrons. The van der Waals surface area contributed by atoms with Gasteiger partial charge in [0.15, 0.2) is 0 Å². The average Bonchev–Trinajstić information content (AvgIpc) is 2.86. The predicted octanol–water partition coefficient (Wildman–Crippen LogP) is 2.82. The standard InChI is InChI=1S/C15H23NO2/c1-10-3-4-13(12-5-6-18-9-12)16-8-11(2)15(17)7-14(10)16/h5-6,9-11,13-15,17H,3-4,7-8H2,1-2H3. The van der Waals surface area contributed by atoms with Gasteiger partial charge in [0, 0.05) is 24.2 Å². The summed E-state index contributed by atoms with van der Waals surface area (Å²) in [7, 11) is 0. The monoisotopic (exact) mass is 249 g/mol. The number of aliphatic hydroxyl groups is 1. The van der Waals surface area contributed by atoms with Crippen LogP contribution in [0.2, 0.25) is 0 Å². The molecule has 1 N–H and O–H groups in total. The van der Waals surface area contributed by atoms with Crippen molar-refractivity contribution in [1.29, 1.82) is 0 Å². The summed E-state index contributed by atoms with van der Waals surface area (Å²) < 4.78 is 5.25. The van der Waals surface area contributed by atoms with Crippen molar-refractivity contribution in [3.8, 4) is 0 Å². The highest BCUT2D eigenvalue weighted by atomic mass is 16.3. The van der Waals surface area contributed by atoms with E-state index in [-0.39, 0.29) is 6.10 Å². The molecule has 0 amide bonds. The fourth-order valence-corrected chi connectivity index (χ4v) is 3.72. The Hall–Kier alpha value is -0.800. The van der Waals surface area contributed by atoms with E-state index in [1.807, 2.05) is 6.26 Å². The van der Waals surface area contributed by atoms with Crippen LogP contribution in [0.5, 0.6) is 0 Å². The molecular formula is C15H23NO2. The van der Waals surface area contributed by atoms with Crippen LogP contribution in [-0.4, -0.2) is 28.7 Å². The first-order chi connectivity index (χ1) is 8.66. The van der Waals surface area contributed by atoms with Crippen molar-refractivity contribution in [1.82, 2.24) is 4.90 Å². The van der Waals surface area contributed by atoms with E-state index in [1.54, 1.807) is 6.26 Å². The minimum absolute atomic E-state index is 0.128. The molecule has 3 heterocycles. The van der Waals surface area contributed by atoms with Gasteiger partial charge in [-0.1, -0.05) is 13.8 Å². The molecule has 3 rings (SSSR count). The third-order valence-electron chi connectivity index (χ3n) is 4.95. The topological polar surface area (TPSA) is 36.6 Å². The number of rotatable bonds is 1. The Morgan fingerprint density at radius 1 is 1.28 bits per heavy atom. The Labute approximate surface area is 109 Å². The van der Waals surface area contributed by atoms with E-state index in [1.165, 1.54) is 18.4 Å². The Balaban J connectivity index is 1.85. The van der Waals surface area contributed by atoms with Crippen molar-refractivity contribution in [3.63, 3.8) is 0 Å². The van der Waals surface area contributed by atoms with Crippen molar-refractivity contribution in [2.75, 3.05) is 6.54 Å². The van der Waals surface area contributed by atoms with Gasteiger partial charge in [0.05, 0.1) is 18.6 Å². The second-order valence-electron chi connectivity index (χ2n) is 6.17. The van der Waals surface area contributed by atoms with Crippen molar-refractivity contribution in [2.24, 2.45) is 11.8 Å². The van der Waals surface area contributed by atoms with Gasteiger partial charge >= 0.3 is 0 Å². The molecule has 0 saturated carbocycles. The van der Waals surface area contributed by atoms with E-state index < -0.39 is 0 Å². The van der Waals surface area contributed by atoms with E-state index in [9.17, 15) is 5.11 Å². The molecule has 2 saturated heterocycles. The second-order valence-corrected chi connectivity index (χ2v) is 6.17. The maximum Gasteiger partial charge on any atom is 0.0950 e. The van der Waals surface area contributed by atoms with E-state index in [0.717, 1.165) is 13.0 Å². The van der Waals surface area contributed by atoms with E-state index in [0.29, 0.717) is 23.9 Å². The first kappa shape index (κ1) is 12.2. The van der Waals surface area contributed by atoms with Gasteiger partial charge in [-0.15, -0.1) is 0 Å². The molecule has 1 aromatic rings. The third-order valence-corrected chi connectivity index (χ3v) is 4.95. The van der Waals surface area contributed by atoms with Crippen LogP contribution in [0.4, 0.5) is 0 Å². The fraction of sp³-hybridized carbons (Fsp3) is 0.733. The lowest BCUT2D eigenvalue weighted by Gasteiger charge is -2.51. The zero-order valence-corrected chi connectivity index (χ0v) is 11.2. The van der Waals surface area contributed by atoms with Gasteiger partial charge in [0.1, 0.15) is 0 Å². The lowest BCUT2D eigenvalue weighted by Crippen LogP contribution is -2.54. The van der Waals surface area contributed by atoms with Crippen molar-refractivity contribution < 1.29 is 9.52 Å². The molecule has 5 unspecified atom stereocenters. The normalized spacial score (nSPS) is 41.6. The minimum Gasteiger partial charge on any atom is -0.472 e. The number of hydrogen-bond acceptors (Lipinski definition) is 3. The zero-order valence-electron chi connectivity index (χ0n) is 11.2. The highest BCUT2D eigenvalue weighted by Gasteiger charge is 2.42. The Morgan fingerprint density at radius 2 is 2.11 bits per heavy atom. The van der Waals surface area contributed by atoms with Gasteiger partial charge < -0.3 is 9.52 Å². The average molecular weight is 249 g/mol. The number of piperidine rings is 2. The molecule has 0 aromatic carbocycles. The van der Waals surface area contributed by atoms with E-state index >= 15 is 0 Å².